The largest absolute Gasteiger partial charge is 0.378 e. The molecule has 0 saturated carbocycles. The Labute approximate surface area is 132 Å². The van der Waals surface area contributed by atoms with E-state index in [0.29, 0.717) is 35.0 Å². The number of anilines is 3. The molecule has 3 rings (SSSR count). The van der Waals surface area contributed by atoms with Crippen molar-refractivity contribution in [1.29, 1.82) is 0 Å². The van der Waals surface area contributed by atoms with Crippen LogP contribution in [0.2, 0.25) is 10.0 Å². The number of benzene rings is 1. The summed E-state index contributed by atoms with van der Waals surface area (Å²) in [5.41, 5.74) is 0.751. The molecule has 0 bridgehead atoms. The van der Waals surface area contributed by atoms with Gasteiger partial charge in [0, 0.05) is 28.8 Å². The summed E-state index contributed by atoms with van der Waals surface area (Å²) in [4.78, 5) is 6.48. The van der Waals surface area contributed by atoms with Gasteiger partial charge in [-0.15, -0.1) is 5.10 Å². The van der Waals surface area contributed by atoms with Gasteiger partial charge in [0.2, 0.25) is 5.95 Å². The van der Waals surface area contributed by atoms with Crippen molar-refractivity contribution < 1.29 is 4.74 Å². The van der Waals surface area contributed by atoms with Crippen molar-refractivity contribution in [2.24, 2.45) is 0 Å². The number of hydrogen-bond acceptors (Lipinski definition) is 6. The summed E-state index contributed by atoms with van der Waals surface area (Å²) in [7, 11) is 0. The van der Waals surface area contributed by atoms with Gasteiger partial charge < -0.3 is 15.0 Å². The van der Waals surface area contributed by atoms with Gasteiger partial charge in [-0.2, -0.15) is 10.1 Å². The van der Waals surface area contributed by atoms with Crippen LogP contribution in [0.5, 0.6) is 0 Å². The minimum atomic E-state index is 0.556. The maximum Gasteiger partial charge on any atom is 0.247 e. The standard InChI is InChI=1S/C13H13Cl2N5O/c14-9-5-10(15)7-11(6-9)17-12-8-16-19-13(18-12)20-1-3-21-4-2-20/h5-8H,1-4H2,(H,17,18,19). The molecule has 110 valence electrons. The van der Waals surface area contributed by atoms with E-state index in [9.17, 15) is 0 Å². The lowest BCUT2D eigenvalue weighted by molar-refractivity contribution is 0.122. The van der Waals surface area contributed by atoms with Crippen molar-refractivity contribution >= 4 is 40.7 Å². The van der Waals surface area contributed by atoms with E-state index in [1.54, 1.807) is 24.4 Å². The van der Waals surface area contributed by atoms with E-state index in [0.717, 1.165) is 18.8 Å². The molecular weight excluding hydrogens is 313 g/mol. The lowest BCUT2D eigenvalue weighted by Crippen LogP contribution is -2.37. The van der Waals surface area contributed by atoms with Gasteiger partial charge in [-0.05, 0) is 18.2 Å². The Bertz CT molecular complexity index is 613. The van der Waals surface area contributed by atoms with Gasteiger partial charge in [0.1, 0.15) is 0 Å². The van der Waals surface area contributed by atoms with E-state index in [1.165, 1.54) is 0 Å². The van der Waals surface area contributed by atoms with Crippen molar-refractivity contribution in [3.05, 3.63) is 34.4 Å². The SMILES string of the molecule is Clc1cc(Cl)cc(Nc2cnnc(N3CCOCC3)n2)c1. The Morgan fingerprint density at radius 1 is 1.10 bits per heavy atom. The Hall–Kier alpha value is -1.63. The minimum absolute atomic E-state index is 0.556. The summed E-state index contributed by atoms with van der Waals surface area (Å²) in [5.74, 6) is 1.17. The third-order valence-corrected chi connectivity index (χ3v) is 3.41. The fourth-order valence-corrected chi connectivity index (χ4v) is 2.55. The topological polar surface area (TPSA) is 63.2 Å². The van der Waals surface area contributed by atoms with Crippen LogP contribution in [0.1, 0.15) is 0 Å². The van der Waals surface area contributed by atoms with Crippen LogP contribution < -0.4 is 10.2 Å². The summed E-state index contributed by atoms with van der Waals surface area (Å²) >= 11 is 11.9. The second-order valence-electron chi connectivity index (χ2n) is 4.52. The van der Waals surface area contributed by atoms with Crippen molar-refractivity contribution in [2.45, 2.75) is 0 Å². The summed E-state index contributed by atoms with van der Waals surface area (Å²) in [6, 6.07) is 5.21. The van der Waals surface area contributed by atoms with Gasteiger partial charge in [0.15, 0.2) is 5.82 Å². The van der Waals surface area contributed by atoms with Crippen molar-refractivity contribution in [1.82, 2.24) is 15.2 Å². The molecule has 1 saturated heterocycles. The van der Waals surface area contributed by atoms with Gasteiger partial charge in [0.05, 0.1) is 19.4 Å². The molecule has 0 radical (unpaired) electrons. The molecule has 1 aliphatic rings. The Kier molecular flexibility index (Phi) is 4.38. The van der Waals surface area contributed by atoms with Crippen LogP contribution in [0.25, 0.3) is 0 Å². The third-order valence-electron chi connectivity index (χ3n) is 2.98. The molecule has 1 aromatic heterocycles. The summed E-state index contributed by atoms with van der Waals surface area (Å²) < 4.78 is 5.31. The van der Waals surface area contributed by atoms with Crippen LogP contribution in [0, 0.1) is 0 Å². The van der Waals surface area contributed by atoms with Crippen LogP contribution in [0.4, 0.5) is 17.5 Å². The highest BCUT2D eigenvalue weighted by Gasteiger charge is 2.14. The Morgan fingerprint density at radius 3 is 2.52 bits per heavy atom. The molecule has 6 nitrogen and oxygen atoms in total. The lowest BCUT2D eigenvalue weighted by Gasteiger charge is -2.26. The van der Waals surface area contributed by atoms with Crippen molar-refractivity contribution in [3.63, 3.8) is 0 Å². The normalized spacial score (nSPS) is 15.0. The van der Waals surface area contributed by atoms with Crippen molar-refractivity contribution in [2.75, 3.05) is 36.5 Å². The first-order valence-corrected chi connectivity index (χ1v) is 7.22. The molecule has 2 aromatic rings. The van der Waals surface area contributed by atoms with E-state index >= 15 is 0 Å². The lowest BCUT2D eigenvalue weighted by atomic mass is 10.3. The second-order valence-corrected chi connectivity index (χ2v) is 5.40. The van der Waals surface area contributed by atoms with Crippen LogP contribution in [-0.2, 0) is 4.74 Å². The molecule has 0 atom stereocenters. The first-order chi connectivity index (χ1) is 10.2. The number of morpholine rings is 1. The van der Waals surface area contributed by atoms with Gasteiger partial charge in [-0.25, -0.2) is 0 Å². The molecule has 0 amide bonds. The fraction of sp³-hybridized carbons (Fsp3) is 0.308. The maximum atomic E-state index is 5.97. The fourth-order valence-electron chi connectivity index (χ4n) is 2.03. The quantitative estimate of drug-likeness (QED) is 0.936. The Morgan fingerprint density at radius 2 is 1.81 bits per heavy atom. The molecule has 1 aromatic carbocycles. The van der Waals surface area contributed by atoms with Crippen LogP contribution in [-0.4, -0.2) is 41.5 Å². The Balaban J connectivity index is 1.79. The number of nitrogens with one attached hydrogen (secondary N) is 1. The molecule has 0 unspecified atom stereocenters. The van der Waals surface area contributed by atoms with Crippen LogP contribution >= 0.6 is 23.2 Å². The van der Waals surface area contributed by atoms with Crippen LogP contribution in [0.3, 0.4) is 0 Å². The van der Waals surface area contributed by atoms with Crippen molar-refractivity contribution in [3.8, 4) is 0 Å². The number of halogens is 2. The summed E-state index contributed by atoms with van der Waals surface area (Å²) in [6.07, 6.45) is 1.55. The second kappa shape index (κ2) is 6.43. The molecule has 21 heavy (non-hydrogen) atoms. The zero-order valence-corrected chi connectivity index (χ0v) is 12.6. The molecule has 8 heteroatoms. The van der Waals surface area contributed by atoms with Gasteiger partial charge >= 0.3 is 0 Å². The van der Waals surface area contributed by atoms with Gasteiger partial charge in [-0.1, -0.05) is 23.2 Å². The average Bonchev–Trinajstić information content (AvgIpc) is 2.47. The minimum Gasteiger partial charge on any atom is -0.378 e. The highest BCUT2D eigenvalue weighted by molar-refractivity contribution is 6.35. The van der Waals surface area contributed by atoms with Gasteiger partial charge in [0.25, 0.3) is 0 Å². The molecule has 0 aliphatic carbocycles. The number of ether oxygens (including phenoxy) is 1. The highest BCUT2D eigenvalue weighted by Crippen LogP contribution is 2.24. The molecule has 1 N–H and O–H groups in total. The molecule has 1 aliphatic heterocycles. The number of aromatic nitrogens is 3. The predicted octanol–water partition coefficient (Wildman–Crippen LogP) is 2.76. The van der Waals surface area contributed by atoms with E-state index in [4.69, 9.17) is 27.9 Å². The number of rotatable bonds is 3. The molecular formula is C13H13Cl2N5O. The molecule has 1 fully saturated rings. The van der Waals surface area contributed by atoms with E-state index < -0.39 is 0 Å². The zero-order valence-electron chi connectivity index (χ0n) is 11.1. The monoisotopic (exact) mass is 325 g/mol. The third kappa shape index (κ3) is 3.72. The first kappa shape index (κ1) is 14.3. The smallest absolute Gasteiger partial charge is 0.247 e. The van der Waals surface area contributed by atoms with E-state index in [-0.39, 0.29) is 0 Å². The zero-order chi connectivity index (χ0) is 14.7. The number of hydrogen-bond donors (Lipinski definition) is 1. The summed E-state index contributed by atoms with van der Waals surface area (Å²) in [5, 5.41) is 12.3. The first-order valence-electron chi connectivity index (χ1n) is 6.46. The average molecular weight is 326 g/mol. The molecule has 2 heterocycles. The predicted molar refractivity (Wildman–Crippen MR) is 82.6 cm³/mol. The highest BCUT2D eigenvalue weighted by atomic mass is 35.5. The van der Waals surface area contributed by atoms with E-state index in [2.05, 4.69) is 20.5 Å². The summed E-state index contributed by atoms with van der Waals surface area (Å²) in [6.45, 7) is 2.86. The maximum absolute atomic E-state index is 5.97. The number of nitrogens with zero attached hydrogens (tertiary/aromatic N) is 4. The van der Waals surface area contributed by atoms with Gasteiger partial charge in [-0.3, -0.25) is 0 Å². The van der Waals surface area contributed by atoms with Crippen LogP contribution in [0.15, 0.2) is 24.4 Å². The van der Waals surface area contributed by atoms with E-state index in [1.807, 2.05) is 4.90 Å². The molecule has 0 spiro atoms.